The maximum atomic E-state index is 12.4. The molecular weight excluding hydrogens is 488 g/mol. The van der Waals surface area contributed by atoms with Crippen LogP contribution in [0.3, 0.4) is 0 Å². The molecule has 0 radical (unpaired) electrons. The van der Waals surface area contributed by atoms with E-state index in [1.165, 1.54) is 4.90 Å². The van der Waals surface area contributed by atoms with Gasteiger partial charge in [0.25, 0.3) is 5.91 Å². The molecule has 2 N–H and O–H groups in total. The Morgan fingerprint density at radius 1 is 1.11 bits per heavy atom. The minimum absolute atomic E-state index is 0.110. The molecule has 0 bridgehead atoms. The normalized spacial score (nSPS) is 20.3. The van der Waals surface area contributed by atoms with Crippen LogP contribution in [0.2, 0.25) is 0 Å². The molecule has 2 aliphatic heterocycles. The Morgan fingerprint density at radius 3 is 2.68 bits per heavy atom. The van der Waals surface area contributed by atoms with Gasteiger partial charge in [0.05, 0.1) is 17.1 Å². The minimum Gasteiger partial charge on any atom is -0.381 e. The second-order valence-corrected chi connectivity index (χ2v) is 9.69. The van der Waals surface area contributed by atoms with Crippen molar-refractivity contribution in [2.45, 2.75) is 31.4 Å². The lowest BCUT2D eigenvalue weighted by molar-refractivity contribution is -0.144. The lowest BCUT2D eigenvalue weighted by Crippen LogP contribution is -2.35. The molecule has 6 rings (SSSR count). The fourth-order valence-corrected chi connectivity index (χ4v) is 4.79. The summed E-state index contributed by atoms with van der Waals surface area (Å²) < 4.78 is 12.7. The van der Waals surface area contributed by atoms with E-state index in [1.807, 2.05) is 29.1 Å². The van der Waals surface area contributed by atoms with Gasteiger partial charge in [-0.25, -0.2) is 15.0 Å². The number of rotatable bonds is 7. The van der Waals surface area contributed by atoms with Gasteiger partial charge in [0.15, 0.2) is 11.6 Å². The van der Waals surface area contributed by atoms with Crippen LogP contribution in [-0.2, 0) is 21.7 Å². The van der Waals surface area contributed by atoms with Crippen molar-refractivity contribution in [2.75, 3.05) is 32.1 Å². The van der Waals surface area contributed by atoms with E-state index in [0.717, 1.165) is 32.6 Å². The molecule has 0 aliphatic carbocycles. The highest BCUT2D eigenvalue weighted by atomic mass is 16.5. The monoisotopic (exact) mass is 516 g/mol. The number of aromatic nitrogens is 6. The summed E-state index contributed by atoms with van der Waals surface area (Å²) in [5, 5.41) is 22.7. The van der Waals surface area contributed by atoms with Crippen LogP contribution in [0.1, 0.15) is 25.0 Å². The number of hydrogen-bond acceptors (Lipinski definition) is 10. The molecular formula is C26H28N8O4. The summed E-state index contributed by atoms with van der Waals surface area (Å²) in [6.45, 7) is 2.92. The third-order valence-electron chi connectivity index (χ3n) is 7.02. The van der Waals surface area contributed by atoms with E-state index < -0.39 is 11.5 Å². The molecule has 2 fully saturated rings. The molecule has 2 aliphatic rings. The van der Waals surface area contributed by atoms with Gasteiger partial charge in [0.1, 0.15) is 5.69 Å². The first-order chi connectivity index (χ1) is 18.5. The van der Waals surface area contributed by atoms with Gasteiger partial charge in [-0.15, -0.1) is 0 Å². The number of ether oxygens (including phenoxy) is 1. The maximum absolute atomic E-state index is 12.4. The van der Waals surface area contributed by atoms with Crippen molar-refractivity contribution in [1.29, 1.82) is 0 Å². The van der Waals surface area contributed by atoms with E-state index in [2.05, 4.69) is 30.5 Å². The number of anilines is 2. The molecule has 0 saturated carbocycles. The summed E-state index contributed by atoms with van der Waals surface area (Å²) in [6, 6.07) is 10.7. The van der Waals surface area contributed by atoms with Crippen LogP contribution in [0.5, 0.6) is 0 Å². The number of hydrogen-bond donors (Lipinski definition) is 2. The number of amides is 1. The highest BCUT2D eigenvalue weighted by molar-refractivity contribution is 5.87. The van der Waals surface area contributed by atoms with Gasteiger partial charge in [-0.1, -0.05) is 11.2 Å². The molecule has 2 saturated heterocycles. The van der Waals surface area contributed by atoms with Gasteiger partial charge < -0.3 is 24.6 Å². The summed E-state index contributed by atoms with van der Waals surface area (Å²) in [6.07, 6.45) is 5.95. The van der Waals surface area contributed by atoms with Gasteiger partial charge >= 0.3 is 0 Å². The Labute approximate surface area is 218 Å². The molecule has 12 heteroatoms. The van der Waals surface area contributed by atoms with E-state index in [1.54, 1.807) is 31.4 Å². The minimum atomic E-state index is -1.71. The smallest absolute Gasteiger partial charge is 0.262 e. The second kappa shape index (κ2) is 9.95. The SMILES string of the molecule is CN1CCC(O)(c2cc(-c3cccc(-c4ccnc(Nc5ccn(CC6CCOCC6)n5)n4)n3)no2)C1=O. The highest BCUT2D eigenvalue weighted by Crippen LogP contribution is 2.34. The van der Waals surface area contributed by atoms with Crippen LogP contribution >= 0.6 is 0 Å². The van der Waals surface area contributed by atoms with E-state index in [4.69, 9.17) is 9.26 Å². The van der Waals surface area contributed by atoms with Crippen molar-refractivity contribution < 1.29 is 19.2 Å². The molecule has 1 amide bonds. The van der Waals surface area contributed by atoms with Gasteiger partial charge in [0, 0.05) is 64.3 Å². The average molecular weight is 517 g/mol. The van der Waals surface area contributed by atoms with Gasteiger partial charge in [-0.2, -0.15) is 5.10 Å². The third kappa shape index (κ3) is 4.75. The van der Waals surface area contributed by atoms with Crippen molar-refractivity contribution in [3.8, 4) is 22.8 Å². The van der Waals surface area contributed by atoms with Crippen LogP contribution in [0, 0.1) is 5.92 Å². The first kappa shape index (κ1) is 24.2. The number of aliphatic hydroxyl groups is 1. The third-order valence-corrected chi connectivity index (χ3v) is 7.02. The first-order valence-corrected chi connectivity index (χ1v) is 12.6. The molecule has 12 nitrogen and oxygen atoms in total. The standard InChI is InChI=1S/C26H28N8O4/c1-33-12-9-26(36,24(33)35)22-15-21(32-38-22)19-4-2-3-18(28-19)20-5-10-27-25(29-20)30-23-6-11-34(31-23)16-17-7-13-37-14-8-17/h2-6,10-11,15,17,36H,7-9,12-14,16H2,1H3,(H,27,29,30,31). The van der Waals surface area contributed by atoms with Crippen molar-refractivity contribution in [3.05, 3.63) is 54.6 Å². The van der Waals surface area contributed by atoms with Crippen LogP contribution in [0.15, 0.2) is 53.3 Å². The van der Waals surface area contributed by atoms with Crippen LogP contribution in [0.25, 0.3) is 22.8 Å². The Kier molecular flexibility index (Phi) is 6.34. The Balaban J connectivity index is 1.18. The largest absolute Gasteiger partial charge is 0.381 e. The Hall–Kier alpha value is -4.16. The van der Waals surface area contributed by atoms with E-state index >= 15 is 0 Å². The molecule has 196 valence electrons. The fourth-order valence-electron chi connectivity index (χ4n) is 4.79. The number of carbonyl (C=O) groups excluding carboxylic acids is 1. The Morgan fingerprint density at radius 2 is 1.89 bits per heavy atom. The van der Waals surface area contributed by atoms with Gasteiger partial charge in [-0.05, 0) is 37.0 Å². The maximum Gasteiger partial charge on any atom is 0.262 e. The van der Waals surface area contributed by atoms with Crippen molar-refractivity contribution in [2.24, 2.45) is 5.92 Å². The number of likely N-dealkylation sites (tertiary alicyclic amines) is 1. The van der Waals surface area contributed by atoms with E-state index in [-0.39, 0.29) is 12.2 Å². The summed E-state index contributed by atoms with van der Waals surface area (Å²) >= 11 is 0. The van der Waals surface area contributed by atoms with E-state index in [9.17, 15) is 9.90 Å². The second-order valence-electron chi connectivity index (χ2n) is 9.69. The summed E-state index contributed by atoms with van der Waals surface area (Å²) in [7, 11) is 1.65. The molecule has 38 heavy (non-hydrogen) atoms. The van der Waals surface area contributed by atoms with Gasteiger partial charge in [0.2, 0.25) is 11.5 Å². The summed E-state index contributed by atoms with van der Waals surface area (Å²) in [5.74, 6) is 1.34. The quantitative estimate of drug-likeness (QED) is 0.376. The predicted octanol–water partition coefficient (Wildman–Crippen LogP) is 2.61. The molecule has 4 aromatic rings. The zero-order chi connectivity index (χ0) is 26.1. The molecule has 6 heterocycles. The average Bonchev–Trinajstić information content (AvgIpc) is 3.68. The van der Waals surface area contributed by atoms with Gasteiger partial charge in [-0.3, -0.25) is 9.48 Å². The number of nitrogens with one attached hydrogen (secondary N) is 1. The van der Waals surface area contributed by atoms with Crippen molar-refractivity contribution >= 4 is 17.7 Å². The topological polar surface area (TPSA) is 144 Å². The van der Waals surface area contributed by atoms with Crippen molar-refractivity contribution in [1.82, 2.24) is 34.8 Å². The zero-order valence-electron chi connectivity index (χ0n) is 20.9. The summed E-state index contributed by atoms with van der Waals surface area (Å²) in [5.41, 5.74) is 0.460. The number of likely N-dealkylation sites (N-methyl/N-ethyl adjacent to an activating group) is 1. The van der Waals surface area contributed by atoms with Crippen molar-refractivity contribution in [3.63, 3.8) is 0 Å². The number of carbonyl (C=O) groups is 1. The predicted molar refractivity (Wildman–Crippen MR) is 136 cm³/mol. The number of nitrogens with zero attached hydrogens (tertiary/aromatic N) is 7. The van der Waals surface area contributed by atoms with E-state index in [0.29, 0.717) is 47.0 Å². The van der Waals surface area contributed by atoms with Crippen LogP contribution in [-0.4, -0.2) is 72.6 Å². The molecule has 0 aromatic carbocycles. The Bertz CT molecular complexity index is 1450. The fraction of sp³-hybridized carbons (Fsp3) is 0.385. The molecule has 0 spiro atoms. The zero-order valence-corrected chi connectivity index (χ0v) is 20.9. The molecule has 1 unspecified atom stereocenters. The highest BCUT2D eigenvalue weighted by Gasteiger charge is 2.48. The summed E-state index contributed by atoms with van der Waals surface area (Å²) in [4.78, 5) is 27.5. The lowest BCUT2D eigenvalue weighted by Gasteiger charge is -2.21. The van der Waals surface area contributed by atoms with Crippen LogP contribution in [0.4, 0.5) is 11.8 Å². The van der Waals surface area contributed by atoms with Crippen LogP contribution < -0.4 is 5.32 Å². The molecule has 4 aromatic heterocycles. The first-order valence-electron chi connectivity index (χ1n) is 12.6. The molecule has 1 atom stereocenters. The number of pyridine rings is 1. The lowest BCUT2D eigenvalue weighted by atomic mass is 9.98.